The Balaban J connectivity index is 1.84. The number of sulfonamides is 1. The van der Waals surface area contributed by atoms with Crippen LogP contribution in [0.15, 0.2) is 29.0 Å². The molecule has 21 heavy (non-hydrogen) atoms. The van der Waals surface area contributed by atoms with Crippen molar-refractivity contribution in [2.75, 3.05) is 6.54 Å². The van der Waals surface area contributed by atoms with Crippen LogP contribution in [0.2, 0.25) is 0 Å². The van der Waals surface area contributed by atoms with E-state index in [-0.39, 0.29) is 10.1 Å². The zero-order valence-corrected chi connectivity index (χ0v) is 12.9. The SMILES string of the molecule is CC(C(=O)NCCc1ccc(S(N)(=O)=O)s1)n1cncn1. The first-order chi connectivity index (χ1) is 9.88. The van der Waals surface area contributed by atoms with Crippen molar-refractivity contribution in [3.8, 4) is 0 Å². The van der Waals surface area contributed by atoms with Gasteiger partial charge < -0.3 is 5.32 Å². The van der Waals surface area contributed by atoms with E-state index in [1.807, 2.05) is 0 Å². The van der Waals surface area contributed by atoms with Crippen molar-refractivity contribution in [3.63, 3.8) is 0 Å². The second-order valence-electron chi connectivity index (χ2n) is 4.36. The van der Waals surface area contributed by atoms with E-state index in [9.17, 15) is 13.2 Å². The van der Waals surface area contributed by atoms with Crippen molar-refractivity contribution in [1.82, 2.24) is 20.1 Å². The van der Waals surface area contributed by atoms with Crippen LogP contribution in [-0.2, 0) is 21.2 Å². The number of hydrogen-bond acceptors (Lipinski definition) is 6. The van der Waals surface area contributed by atoms with Crippen molar-refractivity contribution >= 4 is 27.3 Å². The standard InChI is InChI=1S/C11H15N5O3S2/c1-8(16-7-13-6-15-16)11(17)14-5-4-9-2-3-10(20-9)21(12,18)19/h2-3,6-8H,4-5H2,1H3,(H,14,17)(H2,12,18,19). The van der Waals surface area contributed by atoms with Gasteiger partial charge in [-0.05, 0) is 25.5 Å². The van der Waals surface area contributed by atoms with E-state index < -0.39 is 16.1 Å². The number of nitrogens with one attached hydrogen (secondary N) is 1. The molecule has 0 saturated carbocycles. The van der Waals surface area contributed by atoms with Crippen LogP contribution in [0.25, 0.3) is 0 Å². The van der Waals surface area contributed by atoms with E-state index in [1.54, 1.807) is 13.0 Å². The van der Waals surface area contributed by atoms with Crippen LogP contribution in [0.5, 0.6) is 0 Å². The van der Waals surface area contributed by atoms with Crippen LogP contribution < -0.4 is 10.5 Å². The van der Waals surface area contributed by atoms with E-state index in [2.05, 4.69) is 15.4 Å². The van der Waals surface area contributed by atoms with Gasteiger partial charge in [0.1, 0.15) is 22.9 Å². The molecule has 0 fully saturated rings. The van der Waals surface area contributed by atoms with Crippen molar-refractivity contribution in [1.29, 1.82) is 0 Å². The molecule has 10 heteroatoms. The summed E-state index contributed by atoms with van der Waals surface area (Å²) in [4.78, 5) is 16.5. The van der Waals surface area contributed by atoms with Crippen LogP contribution in [-0.4, -0.2) is 35.6 Å². The third-order valence-electron chi connectivity index (χ3n) is 2.80. The minimum absolute atomic E-state index is 0.125. The molecule has 0 aliphatic carbocycles. The second-order valence-corrected chi connectivity index (χ2v) is 7.31. The normalized spacial score (nSPS) is 13.0. The lowest BCUT2D eigenvalue weighted by Gasteiger charge is -2.11. The van der Waals surface area contributed by atoms with Gasteiger partial charge in [-0.3, -0.25) is 4.79 Å². The average Bonchev–Trinajstić information content (AvgIpc) is 3.08. The number of hydrogen-bond donors (Lipinski definition) is 2. The number of nitrogens with zero attached hydrogens (tertiary/aromatic N) is 3. The van der Waals surface area contributed by atoms with E-state index in [1.165, 1.54) is 23.4 Å². The van der Waals surface area contributed by atoms with Gasteiger partial charge in [0.05, 0.1) is 0 Å². The van der Waals surface area contributed by atoms with Crippen molar-refractivity contribution < 1.29 is 13.2 Å². The maximum absolute atomic E-state index is 11.9. The minimum Gasteiger partial charge on any atom is -0.354 e. The van der Waals surface area contributed by atoms with Gasteiger partial charge in [0.25, 0.3) is 0 Å². The molecule has 0 radical (unpaired) electrons. The largest absolute Gasteiger partial charge is 0.354 e. The molecule has 2 aromatic rings. The topological polar surface area (TPSA) is 120 Å². The van der Waals surface area contributed by atoms with Crippen molar-refractivity contribution in [3.05, 3.63) is 29.7 Å². The fourth-order valence-electron chi connectivity index (χ4n) is 1.64. The molecule has 0 bridgehead atoms. The van der Waals surface area contributed by atoms with E-state index >= 15 is 0 Å². The van der Waals surface area contributed by atoms with Gasteiger partial charge in [0.15, 0.2) is 0 Å². The molecule has 0 spiro atoms. The fraction of sp³-hybridized carbons (Fsp3) is 0.364. The molecule has 0 saturated heterocycles. The van der Waals surface area contributed by atoms with Gasteiger partial charge in [-0.25, -0.2) is 23.2 Å². The zero-order chi connectivity index (χ0) is 15.5. The van der Waals surface area contributed by atoms with Gasteiger partial charge in [-0.2, -0.15) is 5.10 Å². The lowest BCUT2D eigenvalue weighted by molar-refractivity contribution is -0.124. The molecule has 1 amide bonds. The summed E-state index contributed by atoms with van der Waals surface area (Å²) < 4.78 is 23.9. The Morgan fingerprint density at radius 3 is 2.86 bits per heavy atom. The second kappa shape index (κ2) is 6.33. The quantitative estimate of drug-likeness (QED) is 0.767. The third kappa shape index (κ3) is 4.09. The van der Waals surface area contributed by atoms with Gasteiger partial charge in [-0.1, -0.05) is 0 Å². The molecular formula is C11H15N5O3S2. The van der Waals surface area contributed by atoms with Gasteiger partial charge in [0.2, 0.25) is 15.9 Å². The Kier molecular flexibility index (Phi) is 4.70. The van der Waals surface area contributed by atoms with E-state index in [0.29, 0.717) is 13.0 Å². The third-order valence-corrected chi connectivity index (χ3v) is 5.38. The molecule has 1 unspecified atom stereocenters. The Morgan fingerprint density at radius 1 is 1.52 bits per heavy atom. The Hall–Kier alpha value is -1.78. The summed E-state index contributed by atoms with van der Waals surface area (Å²) in [5, 5.41) is 11.7. The predicted octanol–water partition coefficient (Wildman–Crippen LogP) is -0.0931. The number of primary sulfonamides is 1. The zero-order valence-electron chi connectivity index (χ0n) is 11.3. The Labute approximate surface area is 126 Å². The number of amides is 1. The van der Waals surface area contributed by atoms with E-state index in [0.717, 1.165) is 16.2 Å². The molecule has 0 aliphatic rings. The highest BCUT2D eigenvalue weighted by Crippen LogP contribution is 2.20. The van der Waals surface area contributed by atoms with Gasteiger partial charge in [0, 0.05) is 11.4 Å². The van der Waals surface area contributed by atoms with Crippen molar-refractivity contribution in [2.45, 2.75) is 23.6 Å². The first kappa shape index (κ1) is 15.6. The van der Waals surface area contributed by atoms with Crippen LogP contribution in [0.4, 0.5) is 0 Å². The summed E-state index contributed by atoms with van der Waals surface area (Å²) in [5.74, 6) is -0.177. The van der Waals surface area contributed by atoms with Crippen molar-refractivity contribution in [2.24, 2.45) is 5.14 Å². The van der Waals surface area contributed by atoms with E-state index in [4.69, 9.17) is 5.14 Å². The van der Waals surface area contributed by atoms with Crippen LogP contribution in [0.1, 0.15) is 17.8 Å². The number of nitrogens with two attached hydrogens (primary N) is 1. The molecule has 3 N–H and O–H groups in total. The average molecular weight is 329 g/mol. The summed E-state index contributed by atoms with van der Waals surface area (Å²) in [5.41, 5.74) is 0. The molecule has 8 nitrogen and oxygen atoms in total. The molecule has 2 aromatic heterocycles. The highest BCUT2D eigenvalue weighted by atomic mass is 32.2. The molecule has 114 valence electrons. The van der Waals surface area contributed by atoms with Gasteiger partial charge in [-0.15, -0.1) is 11.3 Å². The first-order valence-electron chi connectivity index (χ1n) is 6.11. The molecule has 0 aromatic carbocycles. The summed E-state index contributed by atoms with van der Waals surface area (Å²) in [7, 11) is -3.65. The lowest BCUT2D eigenvalue weighted by Crippen LogP contribution is -2.32. The van der Waals surface area contributed by atoms with Gasteiger partial charge >= 0.3 is 0 Å². The molecule has 2 rings (SSSR count). The lowest BCUT2D eigenvalue weighted by atomic mass is 10.3. The maximum Gasteiger partial charge on any atom is 0.247 e. The van der Waals surface area contributed by atoms with Crippen LogP contribution in [0.3, 0.4) is 0 Å². The number of carbonyl (C=O) groups is 1. The number of thiophene rings is 1. The summed E-state index contributed by atoms with van der Waals surface area (Å²) in [6.45, 7) is 2.12. The molecule has 2 heterocycles. The Bertz CT molecular complexity index is 708. The minimum atomic E-state index is -3.65. The Morgan fingerprint density at radius 2 is 2.29 bits per heavy atom. The monoisotopic (exact) mass is 329 g/mol. The maximum atomic E-state index is 11.9. The highest BCUT2D eigenvalue weighted by Gasteiger charge is 2.15. The smallest absolute Gasteiger partial charge is 0.247 e. The predicted molar refractivity (Wildman–Crippen MR) is 77.1 cm³/mol. The number of carbonyl (C=O) groups excluding carboxylic acids is 1. The molecular weight excluding hydrogens is 314 g/mol. The number of aromatic nitrogens is 3. The number of rotatable bonds is 6. The molecule has 0 aliphatic heterocycles. The first-order valence-corrected chi connectivity index (χ1v) is 8.47. The van der Waals surface area contributed by atoms with Crippen LogP contribution >= 0.6 is 11.3 Å². The van der Waals surface area contributed by atoms with Crippen LogP contribution in [0, 0.1) is 0 Å². The fourth-order valence-corrected chi connectivity index (χ4v) is 3.42. The highest BCUT2D eigenvalue weighted by molar-refractivity contribution is 7.91. The summed E-state index contributed by atoms with van der Waals surface area (Å²) in [6.07, 6.45) is 3.38. The summed E-state index contributed by atoms with van der Waals surface area (Å²) >= 11 is 1.11. The summed E-state index contributed by atoms with van der Waals surface area (Å²) in [6, 6.07) is 2.71. The molecule has 1 atom stereocenters.